The zero-order chi connectivity index (χ0) is 18.0. The highest BCUT2D eigenvalue weighted by Crippen LogP contribution is 2.35. The van der Waals surface area contributed by atoms with Crippen LogP contribution in [0.1, 0.15) is 18.7 Å². The maximum Gasteiger partial charge on any atom is 0.227 e. The zero-order valence-electron chi connectivity index (χ0n) is 15.6. The Hall–Kier alpha value is -2.12. The molecule has 0 spiro atoms. The third kappa shape index (κ3) is 3.05. The molecule has 0 bridgehead atoms. The average Bonchev–Trinajstić information content (AvgIpc) is 3.11. The summed E-state index contributed by atoms with van der Waals surface area (Å²) in [6, 6.07) is 10.6. The number of hydrogen-bond donors (Lipinski definition) is 0. The summed E-state index contributed by atoms with van der Waals surface area (Å²) in [5.74, 6) is 1.83. The third-order valence-corrected chi connectivity index (χ3v) is 5.63. The Labute approximate surface area is 154 Å². The fraction of sp³-hybridized carbons (Fsp3) is 0.579. The molecule has 7 nitrogen and oxygen atoms in total. The van der Waals surface area contributed by atoms with Crippen molar-refractivity contribution in [3.8, 4) is 0 Å². The van der Waals surface area contributed by atoms with Crippen molar-refractivity contribution in [3.63, 3.8) is 0 Å². The molecule has 0 radical (unpaired) electrons. The highest BCUT2D eigenvalue weighted by molar-refractivity contribution is 5.48. The van der Waals surface area contributed by atoms with E-state index in [0.29, 0.717) is 13.2 Å². The number of aromatic nitrogens is 3. The van der Waals surface area contributed by atoms with E-state index in [0.717, 1.165) is 50.8 Å². The fourth-order valence-corrected chi connectivity index (χ4v) is 4.02. The molecule has 26 heavy (non-hydrogen) atoms. The minimum absolute atomic E-state index is 0.385. The normalized spacial score (nSPS) is 20.4. The van der Waals surface area contributed by atoms with Gasteiger partial charge in [-0.2, -0.15) is 0 Å². The van der Waals surface area contributed by atoms with Crippen LogP contribution in [0, 0.1) is 0 Å². The number of hydrogen-bond acceptors (Lipinski definition) is 6. The van der Waals surface area contributed by atoms with Crippen molar-refractivity contribution in [3.05, 3.63) is 36.2 Å². The standard InChI is InChI=1S/C19H27N5O2/c1-22-17(19(25-2)8-14-26-15-9-19)20-21-18(22)24-12-10-23(11-13-24)16-6-4-3-5-7-16/h3-7H,8-15H2,1-2H3. The number of anilines is 2. The van der Waals surface area contributed by atoms with E-state index in [1.165, 1.54) is 5.69 Å². The SMILES string of the molecule is COC1(c2nnc(N3CCN(c4ccccc4)CC3)n2C)CCOCC1. The van der Waals surface area contributed by atoms with Gasteiger partial charge in [0.15, 0.2) is 5.82 Å². The third-order valence-electron chi connectivity index (χ3n) is 5.63. The van der Waals surface area contributed by atoms with Gasteiger partial charge < -0.3 is 19.3 Å². The molecule has 2 aliphatic rings. The molecule has 0 unspecified atom stereocenters. The number of para-hydroxylation sites is 1. The molecule has 1 aromatic heterocycles. The van der Waals surface area contributed by atoms with Crippen molar-refractivity contribution in [2.75, 3.05) is 56.3 Å². The Morgan fingerprint density at radius 2 is 1.62 bits per heavy atom. The number of methoxy groups -OCH3 is 1. The molecule has 0 aliphatic carbocycles. The summed E-state index contributed by atoms with van der Waals surface area (Å²) >= 11 is 0. The molecule has 7 heteroatoms. The van der Waals surface area contributed by atoms with Crippen LogP contribution in [-0.4, -0.2) is 61.3 Å². The van der Waals surface area contributed by atoms with Crippen LogP contribution >= 0.6 is 0 Å². The first-order valence-corrected chi connectivity index (χ1v) is 9.31. The van der Waals surface area contributed by atoms with Crippen LogP contribution in [-0.2, 0) is 22.1 Å². The van der Waals surface area contributed by atoms with Crippen LogP contribution in [0.3, 0.4) is 0 Å². The predicted molar refractivity (Wildman–Crippen MR) is 101 cm³/mol. The van der Waals surface area contributed by atoms with Crippen LogP contribution < -0.4 is 9.80 Å². The summed E-state index contributed by atoms with van der Waals surface area (Å²) in [7, 11) is 3.81. The summed E-state index contributed by atoms with van der Waals surface area (Å²) in [6.07, 6.45) is 1.63. The Bertz CT molecular complexity index is 719. The molecular formula is C19H27N5O2. The number of rotatable bonds is 4. The smallest absolute Gasteiger partial charge is 0.227 e. The molecule has 4 rings (SSSR count). The molecule has 0 atom stereocenters. The van der Waals surface area contributed by atoms with Gasteiger partial charge in [-0.3, -0.25) is 4.57 Å². The maximum atomic E-state index is 5.89. The first-order valence-electron chi connectivity index (χ1n) is 9.31. The second-order valence-electron chi connectivity index (χ2n) is 7.00. The molecule has 0 amide bonds. The number of piperazine rings is 1. The predicted octanol–water partition coefficient (Wildman–Crippen LogP) is 1.79. The van der Waals surface area contributed by atoms with E-state index in [2.05, 4.69) is 54.9 Å². The van der Waals surface area contributed by atoms with E-state index in [-0.39, 0.29) is 5.60 Å². The highest BCUT2D eigenvalue weighted by Gasteiger charge is 2.40. The van der Waals surface area contributed by atoms with Gasteiger partial charge in [-0.15, -0.1) is 10.2 Å². The van der Waals surface area contributed by atoms with Gasteiger partial charge in [0.2, 0.25) is 5.95 Å². The molecule has 3 heterocycles. The van der Waals surface area contributed by atoms with Crippen molar-refractivity contribution in [2.24, 2.45) is 7.05 Å². The molecule has 2 saturated heterocycles. The lowest BCUT2D eigenvalue weighted by Crippen LogP contribution is -2.47. The summed E-state index contributed by atoms with van der Waals surface area (Å²) in [5, 5.41) is 9.02. The lowest BCUT2D eigenvalue weighted by molar-refractivity contribution is -0.101. The molecule has 140 valence electrons. The Morgan fingerprint density at radius 1 is 0.962 bits per heavy atom. The van der Waals surface area contributed by atoms with Crippen LogP contribution in [0.2, 0.25) is 0 Å². The average molecular weight is 357 g/mol. The monoisotopic (exact) mass is 357 g/mol. The van der Waals surface area contributed by atoms with Crippen LogP contribution in [0.4, 0.5) is 11.6 Å². The fourth-order valence-electron chi connectivity index (χ4n) is 4.02. The van der Waals surface area contributed by atoms with Crippen LogP contribution in [0.15, 0.2) is 30.3 Å². The van der Waals surface area contributed by atoms with Crippen molar-refractivity contribution in [1.82, 2.24) is 14.8 Å². The molecular weight excluding hydrogens is 330 g/mol. The summed E-state index contributed by atoms with van der Waals surface area (Å²) in [5.41, 5.74) is 0.899. The van der Waals surface area contributed by atoms with E-state index >= 15 is 0 Å². The maximum absolute atomic E-state index is 5.89. The Kier molecular flexibility index (Phi) is 4.82. The summed E-state index contributed by atoms with van der Waals surface area (Å²) in [4.78, 5) is 4.74. The lowest BCUT2D eigenvalue weighted by Gasteiger charge is -2.37. The van der Waals surface area contributed by atoms with Crippen LogP contribution in [0.25, 0.3) is 0 Å². The molecule has 1 aromatic carbocycles. The van der Waals surface area contributed by atoms with Crippen molar-refractivity contribution in [2.45, 2.75) is 18.4 Å². The summed E-state index contributed by atoms with van der Waals surface area (Å²) < 4.78 is 13.5. The molecule has 2 aliphatic heterocycles. The Balaban J connectivity index is 1.49. The van der Waals surface area contributed by atoms with Gasteiger partial charge in [-0.05, 0) is 12.1 Å². The largest absolute Gasteiger partial charge is 0.381 e. The molecule has 2 aromatic rings. The minimum Gasteiger partial charge on any atom is -0.381 e. The van der Waals surface area contributed by atoms with Gasteiger partial charge in [0, 0.05) is 72.1 Å². The summed E-state index contributed by atoms with van der Waals surface area (Å²) in [6.45, 7) is 5.23. The molecule has 0 saturated carbocycles. The van der Waals surface area contributed by atoms with Crippen molar-refractivity contribution in [1.29, 1.82) is 0 Å². The van der Waals surface area contributed by atoms with Gasteiger partial charge in [0.1, 0.15) is 5.60 Å². The Morgan fingerprint density at radius 3 is 2.27 bits per heavy atom. The van der Waals surface area contributed by atoms with Crippen LogP contribution in [0.5, 0.6) is 0 Å². The van der Waals surface area contributed by atoms with E-state index < -0.39 is 0 Å². The lowest BCUT2D eigenvalue weighted by atomic mass is 9.93. The van der Waals surface area contributed by atoms with Crippen molar-refractivity contribution >= 4 is 11.6 Å². The van der Waals surface area contributed by atoms with Gasteiger partial charge in [0.25, 0.3) is 0 Å². The quantitative estimate of drug-likeness (QED) is 0.832. The first-order chi connectivity index (χ1) is 12.7. The number of ether oxygens (including phenoxy) is 2. The zero-order valence-corrected chi connectivity index (χ0v) is 15.6. The topological polar surface area (TPSA) is 55.7 Å². The van der Waals surface area contributed by atoms with Gasteiger partial charge in [-0.1, -0.05) is 18.2 Å². The second-order valence-corrected chi connectivity index (χ2v) is 7.00. The second kappa shape index (κ2) is 7.25. The minimum atomic E-state index is -0.385. The van der Waals surface area contributed by atoms with E-state index in [1.54, 1.807) is 7.11 Å². The van der Waals surface area contributed by atoms with Crippen molar-refractivity contribution < 1.29 is 9.47 Å². The first kappa shape index (κ1) is 17.3. The highest BCUT2D eigenvalue weighted by atomic mass is 16.5. The van der Waals surface area contributed by atoms with Gasteiger partial charge in [0.05, 0.1) is 0 Å². The van der Waals surface area contributed by atoms with Gasteiger partial charge >= 0.3 is 0 Å². The molecule has 2 fully saturated rings. The number of nitrogens with zero attached hydrogens (tertiary/aromatic N) is 5. The molecule has 0 N–H and O–H groups in total. The van der Waals surface area contributed by atoms with E-state index in [1.807, 2.05) is 7.05 Å². The van der Waals surface area contributed by atoms with E-state index in [4.69, 9.17) is 9.47 Å². The van der Waals surface area contributed by atoms with E-state index in [9.17, 15) is 0 Å². The number of benzene rings is 1. The van der Waals surface area contributed by atoms with Gasteiger partial charge in [-0.25, -0.2) is 0 Å².